The fourth-order valence-electron chi connectivity index (χ4n) is 0.953. The van der Waals surface area contributed by atoms with Crippen LogP contribution in [-0.2, 0) is 0 Å². The molecule has 76 valence electrons. The molecule has 1 aliphatic heterocycles. The first-order valence-corrected chi connectivity index (χ1v) is 4.10. The third-order valence-electron chi connectivity index (χ3n) is 1.58. The fourth-order valence-corrected chi connectivity index (χ4v) is 0.953. The number of amides is 2. The summed E-state index contributed by atoms with van der Waals surface area (Å²) in [6.07, 6.45) is 0. The number of nitrogens with two attached hydrogens (primary N) is 1. The molecule has 0 bridgehead atoms. The van der Waals surface area contributed by atoms with Crippen LogP contribution in [0.15, 0.2) is 5.11 Å². The first kappa shape index (κ1) is 12.0. The summed E-state index contributed by atoms with van der Waals surface area (Å²) in [5.41, 5.74) is 10.4. The summed E-state index contributed by atoms with van der Waals surface area (Å²) >= 11 is 0. The first-order valence-electron chi connectivity index (χ1n) is 4.10. The highest BCUT2D eigenvalue weighted by atomic mass is 16.2. The van der Waals surface area contributed by atoms with E-state index in [1.165, 1.54) is 0 Å². The Kier molecular flexibility index (Phi) is 5.17. The minimum atomic E-state index is -0.954. The summed E-state index contributed by atoms with van der Waals surface area (Å²) in [4.78, 5) is 9.24. The van der Waals surface area contributed by atoms with Crippen LogP contribution in [0.3, 0.4) is 0 Å². The van der Waals surface area contributed by atoms with Gasteiger partial charge in [-0.2, -0.15) is 5.53 Å². The maximum absolute atomic E-state index is 9.24. The molecule has 0 atom stereocenters. The zero-order valence-corrected chi connectivity index (χ0v) is 8.05. The van der Waals surface area contributed by atoms with Gasteiger partial charge in [0.2, 0.25) is 0 Å². The molecule has 2 amide bonds. The second kappa shape index (κ2) is 5.60. The Bertz CT molecular complexity index is 172. The zero-order chi connectivity index (χ0) is 10.3. The van der Waals surface area contributed by atoms with Crippen LogP contribution in [0.1, 0.15) is 13.8 Å². The van der Waals surface area contributed by atoms with E-state index in [1.807, 2.05) is 0 Å². The largest absolute Gasteiger partial charge is 0.356 e. The molecule has 0 aromatic carbocycles. The van der Waals surface area contributed by atoms with Crippen molar-refractivity contribution in [3.8, 4) is 0 Å². The van der Waals surface area contributed by atoms with Gasteiger partial charge in [-0.25, -0.2) is 4.79 Å². The van der Waals surface area contributed by atoms with E-state index < -0.39 is 6.03 Å². The van der Waals surface area contributed by atoms with Crippen molar-refractivity contribution in [1.82, 2.24) is 10.6 Å². The van der Waals surface area contributed by atoms with Gasteiger partial charge >= 0.3 is 6.03 Å². The van der Waals surface area contributed by atoms with Crippen molar-refractivity contribution in [2.45, 2.75) is 19.4 Å². The SMILES string of the molecule is CC1(C)CNCCN1.N=NC(N)=O. The van der Waals surface area contributed by atoms with Gasteiger partial charge in [0, 0.05) is 25.2 Å². The molecule has 1 rings (SSSR count). The van der Waals surface area contributed by atoms with Gasteiger partial charge in [-0.05, 0) is 13.8 Å². The highest BCUT2D eigenvalue weighted by Gasteiger charge is 2.18. The molecule has 1 fully saturated rings. The molecule has 6 nitrogen and oxygen atoms in total. The van der Waals surface area contributed by atoms with Crippen molar-refractivity contribution >= 4 is 6.03 Å². The van der Waals surface area contributed by atoms with Gasteiger partial charge in [0.25, 0.3) is 0 Å². The van der Waals surface area contributed by atoms with E-state index in [-0.39, 0.29) is 0 Å². The maximum atomic E-state index is 9.24. The van der Waals surface area contributed by atoms with Gasteiger partial charge in [0.15, 0.2) is 0 Å². The summed E-state index contributed by atoms with van der Waals surface area (Å²) in [6, 6.07) is -0.954. The van der Waals surface area contributed by atoms with Gasteiger partial charge in [-0.1, -0.05) is 5.11 Å². The van der Waals surface area contributed by atoms with Crippen molar-refractivity contribution in [2.75, 3.05) is 19.6 Å². The summed E-state index contributed by atoms with van der Waals surface area (Å²) in [7, 11) is 0. The molecule has 0 saturated carbocycles. The zero-order valence-electron chi connectivity index (χ0n) is 8.05. The average Bonchev–Trinajstić information content (AvgIpc) is 2.05. The second-order valence-corrected chi connectivity index (χ2v) is 3.44. The number of rotatable bonds is 0. The molecule has 13 heavy (non-hydrogen) atoms. The number of urea groups is 1. The summed E-state index contributed by atoms with van der Waals surface area (Å²) in [5, 5.41) is 8.99. The Hall–Kier alpha value is -1.01. The van der Waals surface area contributed by atoms with E-state index in [4.69, 9.17) is 5.53 Å². The van der Waals surface area contributed by atoms with Crippen LogP contribution in [0.25, 0.3) is 0 Å². The number of carbonyl (C=O) groups is 1. The summed E-state index contributed by atoms with van der Waals surface area (Å²) < 4.78 is 0. The van der Waals surface area contributed by atoms with Gasteiger partial charge in [0.1, 0.15) is 0 Å². The minimum Gasteiger partial charge on any atom is -0.348 e. The standard InChI is InChI=1S/C6H14N2.CH3N3O/c1-6(2)5-7-3-4-8-6;2-1(5)4-3/h7-8H,3-5H2,1-2H3;3H,(H2,2,5). The Balaban J connectivity index is 0.000000252. The molecule has 1 saturated heterocycles. The fraction of sp³-hybridized carbons (Fsp3) is 0.857. The van der Waals surface area contributed by atoms with Gasteiger partial charge in [-0.3, -0.25) is 0 Å². The number of carbonyl (C=O) groups excluding carboxylic acids is 1. The number of hydrogen-bond acceptors (Lipinski definition) is 4. The highest BCUT2D eigenvalue weighted by Crippen LogP contribution is 2.00. The second-order valence-electron chi connectivity index (χ2n) is 3.44. The molecule has 1 heterocycles. The first-order chi connectivity index (χ1) is 5.98. The minimum absolute atomic E-state index is 0.318. The van der Waals surface area contributed by atoms with Gasteiger partial charge in [0.05, 0.1) is 0 Å². The molecule has 0 radical (unpaired) electrons. The van der Waals surface area contributed by atoms with Gasteiger partial charge < -0.3 is 16.4 Å². The normalized spacial score (nSPS) is 19.5. The van der Waals surface area contributed by atoms with Crippen LogP contribution >= 0.6 is 0 Å². The molecule has 6 heteroatoms. The number of primary amides is 1. The van der Waals surface area contributed by atoms with Crippen molar-refractivity contribution in [1.29, 1.82) is 5.53 Å². The Labute approximate surface area is 77.8 Å². The molecule has 0 spiro atoms. The van der Waals surface area contributed by atoms with Crippen LogP contribution in [0.5, 0.6) is 0 Å². The van der Waals surface area contributed by atoms with Crippen LogP contribution in [0.4, 0.5) is 4.79 Å². The van der Waals surface area contributed by atoms with Crippen LogP contribution in [0.2, 0.25) is 0 Å². The number of nitrogens with one attached hydrogen (secondary N) is 3. The molecular formula is C7H17N5O. The monoisotopic (exact) mass is 187 g/mol. The Morgan fingerprint density at radius 1 is 1.54 bits per heavy atom. The lowest BCUT2D eigenvalue weighted by Gasteiger charge is -2.31. The van der Waals surface area contributed by atoms with E-state index in [0.717, 1.165) is 19.6 Å². The van der Waals surface area contributed by atoms with E-state index in [2.05, 4.69) is 35.3 Å². The van der Waals surface area contributed by atoms with Crippen molar-refractivity contribution in [3.63, 3.8) is 0 Å². The quantitative estimate of drug-likeness (QED) is 0.403. The highest BCUT2D eigenvalue weighted by molar-refractivity contribution is 5.71. The topological polar surface area (TPSA) is 103 Å². The van der Waals surface area contributed by atoms with Crippen molar-refractivity contribution < 1.29 is 4.79 Å². The average molecular weight is 187 g/mol. The third-order valence-corrected chi connectivity index (χ3v) is 1.58. The van der Waals surface area contributed by atoms with Crippen LogP contribution in [0, 0.1) is 5.53 Å². The lowest BCUT2D eigenvalue weighted by atomic mass is 10.0. The molecule has 0 unspecified atom stereocenters. The predicted octanol–water partition coefficient (Wildman–Crippen LogP) is 0.0539. The predicted molar refractivity (Wildman–Crippen MR) is 49.7 cm³/mol. The summed E-state index contributed by atoms with van der Waals surface area (Å²) in [5.74, 6) is 0. The lowest BCUT2D eigenvalue weighted by molar-refractivity contribution is 0.255. The third kappa shape index (κ3) is 7.35. The molecule has 5 N–H and O–H groups in total. The van der Waals surface area contributed by atoms with Gasteiger partial charge in [-0.15, -0.1) is 0 Å². The van der Waals surface area contributed by atoms with Crippen molar-refractivity contribution in [3.05, 3.63) is 0 Å². The number of nitrogens with zero attached hydrogens (tertiary/aromatic N) is 1. The van der Waals surface area contributed by atoms with E-state index >= 15 is 0 Å². The molecule has 0 aromatic rings. The number of hydrogen-bond donors (Lipinski definition) is 4. The lowest BCUT2D eigenvalue weighted by Crippen LogP contribution is -2.55. The van der Waals surface area contributed by atoms with Crippen LogP contribution in [-0.4, -0.2) is 31.2 Å². The Morgan fingerprint density at radius 3 is 2.23 bits per heavy atom. The van der Waals surface area contributed by atoms with E-state index in [1.54, 1.807) is 0 Å². The van der Waals surface area contributed by atoms with Crippen molar-refractivity contribution in [2.24, 2.45) is 10.8 Å². The smallest absolute Gasteiger partial charge is 0.348 e. The number of piperazine rings is 1. The Morgan fingerprint density at radius 2 is 2.08 bits per heavy atom. The molecule has 1 aliphatic rings. The van der Waals surface area contributed by atoms with Crippen LogP contribution < -0.4 is 16.4 Å². The maximum Gasteiger partial charge on any atom is 0.356 e. The summed E-state index contributed by atoms with van der Waals surface area (Å²) in [6.45, 7) is 7.72. The molecule has 0 aromatic heterocycles. The van der Waals surface area contributed by atoms with E-state index in [9.17, 15) is 4.79 Å². The van der Waals surface area contributed by atoms with E-state index in [0.29, 0.717) is 5.54 Å². The molecule has 0 aliphatic carbocycles. The molecular weight excluding hydrogens is 170 g/mol.